The molecule has 1 saturated carbocycles. The van der Waals surface area contributed by atoms with Crippen molar-refractivity contribution in [2.45, 2.75) is 37.8 Å². The number of methoxy groups -OCH3 is 2. The van der Waals surface area contributed by atoms with E-state index in [4.69, 9.17) is 25.8 Å². The smallest absolute Gasteiger partial charge is 0.274 e. The molecule has 0 atom stereocenters. The number of amides is 1. The van der Waals surface area contributed by atoms with E-state index < -0.39 is 22.6 Å². The molecule has 10 heteroatoms. The topological polar surface area (TPSA) is 87.1 Å². The first kappa shape index (κ1) is 28.8. The highest BCUT2D eigenvalue weighted by Gasteiger charge is 2.52. The van der Waals surface area contributed by atoms with Crippen LogP contribution in [0, 0.1) is 11.7 Å². The van der Waals surface area contributed by atoms with Gasteiger partial charge in [-0.1, -0.05) is 48.0 Å². The molecule has 216 valence electrons. The van der Waals surface area contributed by atoms with Gasteiger partial charge in [-0.3, -0.25) is 14.4 Å². The number of hydrogen-bond acceptors (Lipinski definition) is 6. The highest BCUT2D eigenvalue weighted by molar-refractivity contribution is 6.32. The zero-order chi connectivity index (χ0) is 29.3. The lowest BCUT2D eigenvalue weighted by molar-refractivity contribution is -0.0192. The van der Waals surface area contributed by atoms with Crippen LogP contribution in [0.15, 0.2) is 53.5 Å². The van der Waals surface area contributed by atoms with E-state index in [0.717, 1.165) is 18.4 Å². The second-order valence-electron chi connectivity index (χ2n) is 10.8. The summed E-state index contributed by atoms with van der Waals surface area (Å²) < 4.78 is 33.0. The second kappa shape index (κ2) is 11.7. The Morgan fingerprint density at radius 1 is 1.12 bits per heavy atom. The molecule has 0 saturated heterocycles. The number of rotatable bonds is 10. The molecular formula is C31H32ClFN2O6. The third-order valence-electron chi connectivity index (χ3n) is 7.99. The molecule has 1 fully saturated rings. The molecule has 1 aromatic heterocycles. The van der Waals surface area contributed by atoms with E-state index in [0.29, 0.717) is 13.2 Å². The highest BCUT2D eigenvalue weighted by Crippen LogP contribution is 2.48. The number of Topliss-reactive ketones (excluding diaryl/α,β-unsaturated/α-hetero) is 1. The van der Waals surface area contributed by atoms with Gasteiger partial charge in [0.25, 0.3) is 5.91 Å². The molecule has 2 heterocycles. The van der Waals surface area contributed by atoms with Crippen molar-refractivity contribution in [2.24, 2.45) is 5.92 Å². The number of fused-ring (bicyclic) bond motifs is 2. The quantitative estimate of drug-likeness (QED) is 0.317. The van der Waals surface area contributed by atoms with Crippen LogP contribution in [-0.4, -0.2) is 55.6 Å². The Morgan fingerprint density at radius 3 is 2.54 bits per heavy atom. The number of pyridine rings is 1. The van der Waals surface area contributed by atoms with Crippen LogP contribution in [0.1, 0.15) is 51.2 Å². The largest absolute Gasteiger partial charge is 0.495 e. The van der Waals surface area contributed by atoms with Crippen molar-refractivity contribution in [2.75, 3.05) is 34.4 Å². The summed E-state index contributed by atoms with van der Waals surface area (Å²) in [6, 6.07) is 12.3. The lowest BCUT2D eigenvalue weighted by Gasteiger charge is -2.54. The molecule has 41 heavy (non-hydrogen) atoms. The molecule has 3 aromatic rings. The van der Waals surface area contributed by atoms with Gasteiger partial charge in [-0.2, -0.15) is 0 Å². The molecule has 1 spiro atoms. The van der Waals surface area contributed by atoms with Gasteiger partial charge in [-0.15, -0.1) is 0 Å². The molecule has 0 unspecified atom stereocenters. The van der Waals surface area contributed by atoms with E-state index in [1.54, 1.807) is 23.6 Å². The highest BCUT2D eigenvalue weighted by atomic mass is 35.5. The SMILES string of the molecule is COCC1CC2(C1)CN(C)C(=O)c1c(OCc3ccccc3)c(=O)c(C(=O)CCc3ccc(OC)c(Cl)c3F)cn12. The predicted octanol–water partition coefficient (Wildman–Crippen LogP) is 4.88. The van der Waals surface area contributed by atoms with Gasteiger partial charge in [0.15, 0.2) is 17.2 Å². The number of carbonyl (C=O) groups excluding carboxylic acids is 2. The van der Waals surface area contributed by atoms with Crippen LogP contribution < -0.4 is 14.9 Å². The monoisotopic (exact) mass is 582 g/mol. The third-order valence-corrected chi connectivity index (χ3v) is 8.34. The second-order valence-corrected chi connectivity index (χ2v) is 11.2. The van der Waals surface area contributed by atoms with Crippen LogP contribution >= 0.6 is 11.6 Å². The molecule has 2 aliphatic rings. The van der Waals surface area contributed by atoms with Crippen LogP contribution in [0.2, 0.25) is 5.02 Å². The van der Waals surface area contributed by atoms with E-state index >= 15 is 0 Å². The van der Waals surface area contributed by atoms with Crippen LogP contribution in [0.25, 0.3) is 0 Å². The lowest BCUT2D eigenvalue weighted by atomic mass is 9.67. The maximum Gasteiger partial charge on any atom is 0.274 e. The van der Waals surface area contributed by atoms with Crippen molar-refractivity contribution in [3.05, 3.63) is 92.1 Å². The van der Waals surface area contributed by atoms with Crippen molar-refractivity contribution in [3.8, 4) is 11.5 Å². The minimum Gasteiger partial charge on any atom is -0.495 e. The normalized spacial score (nSPS) is 19.6. The third kappa shape index (κ3) is 5.36. The van der Waals surface area contributed by atoms with Gasteiger partial charge in [0.05, 0.1) is 18.2 Å². The zero-order valence-corrected chi connectivity index (χ0v) is 24.0. The molecule has 1 aliphatic carbocycles. The van der Waals surface area contributed by atoms with E-state index in [2.05, 4.69) is 0 Å². The fourth-order valence-electron chi connectivity index (χ4n) is 6.00. The Hall–Kier alpha value is -3.69. The standard InChI is InChI=1S/C31H32ClFN2O6/c1-34-18-31(13-20(14-31)16-39-2)35-15-22(23(36)11-9-21-10-12-24(40-3)25(32)26(21)33)28(37)29(27(35)30(34)38)41-17-19-7-5-4-6-8-19/h4-8,10,12,15,20H,9,11,13-14,16-18H2,1-3H3. The summed E-state index contributed by atoms with van der Waals surface area (Å²) in [4.78, 5) is 42.4. The molecule has 5 rings (SSSR count). The van der Waals surface area contributed by atoms with Crippen LogP contribution in [0.4, 0.5) is 4.39 Å². The molecule has 1 aliphatic heterocycles. The van der Waals surface area contributed by atoms with Crippen molar-refractivity contribution in [1.29, 1.82) is 0 Å². The van der Waals surface area contributed by atoms with Crippen molar-refractivity contribution >= 4 is 23.3 Å². The number of likely N-dealkylation sites (N-methyl/N-ethyl adjacent to an activating group) is 1. The Morgan fingerprint density at radius 2 is 1.85 bits per heavy atom. The maximum atomic E-state index is 14.8. The van der Waals surface area contributed by atoms with Crippen LogP contribution in [-0.2, 0) is 23.3 Å². The average Bonchev–Trinajstić information content (AvgIpc) is 2.95. The maximum absolute atomic E-state index is 14.8. The summed E-state index contributed by atoms with van der Waals surface area (Å²) >= 11 is 6.06. The van der Waals surface area contributed by atoms with Gasteiger partial charge in [0.2, 0.25) is 5.43 Å². The van der Waals surface area contributed by atoms with E-state index in [9.17, 15) is 18.8 Å². The number of benzene rings is 2. The molecular weight excluding hydrogens is 551 g/mol. The Labute approximate surface area is 242 Å². The molecule has 0 N–H and O–H groups in total. The number of carbonyl (C=O) groups is 2. The zero-order valence-electron chi connectivity index (χ0n) is 23.2. The number of halogens is 2. The number of aromatic nitrogens is 1. The van der Waals surface area contributed by atoms with Gasteiger partial charge >= 0.3 is 0 Å². The van der Waals surface area contributed by atoms with Gasteiger partial charge in [0, 0.05) is 39.9 Å². The number of ketones is 1. The molecule has 0 radical (unpaired) electrons. The van der Waals surface area contributed by atoms with E-state index in [-0.39, 0.29) is 64.6 Å². The molecule has 0 bridgehead atoms. The first-order valence-corrected chi connectivity index (χ1v) is 13.8. The fourth-order valence-corrected chi connectivity index (χ4v) is 6.26. The summed E-state index contributed by atoms with van der Waals surface area (Å²) in [5.41, 5.74) is -0.0627. The molecule has 1 amide bonds. The fraction of sp³-hybridized carbons (Fsp3) is 0.387. The summed E-state index contributed by atoms with van der Waals surface area (Å²) in [7, 11) is 4.74. The molecule has 8 nitrogen and oxygen atoms in total. The van der Waals surface area contributed by atoms with E-state index in [1.807, 2.05) is 30.3 Å². The van der Waals surface area contributed by atoms with Gasteiger partial charge in [0.1, 0.15) is 23.2 Å². The van der Waals surface area contributed by atoms with Gasteiger partial charge in [-0.05, 0) is 42.4 Å². The predicted molar refractivity (Wildman–Crippen MR) is 152 cm³/mol. The minimum atomic E-state index is -0.667. The van der Waals surface area contributed by atoms with Crippen LogP contribution in [0.5, 0.6) is 11.5 Å². The lowest BCUT2D eigenvalue weighted by Crippen LogP contribution is -2.60. The summed E-state index contributed by atoms with van der Waals surface area (Å²) in [6.07, 6.45) is 2.82. The van der Waals surface area contributed by atoms with Crippen molar-refractivity contribution < 1.29 is 28.2 Å². The summed E-state index contributed by atoms with van der Waals surface area (Å²) in [5, 5.41) is -0.164. The Balaban J connectivity index is 1.53. The Kier molecular flexibility index (Phi) is 8.20. The summed E-state index contributed by atoms with van der Waals surface area (Å²) in [6.45, 7) is 1.06. The first-order chi connectivity index (χ1) is 19.7. The van der Waals surface area contributed by atoms with Crippen LogP contribution in [0.3, 0.4) is 0 Å². The first-order valence-electron chi connectivity index (χ1n) is 13.4. The number of aryl methyl sites for hydroxylation is 1. The van der Waals surface area contributed by atoms with E-state index in [1.165, 1.54) is 25.4 Å². The minimum absolute atomic E-state index is 0.0263. The number of nitrogens with zero attached hydrogens (tertiary/aromatic N) is 2. The van der Waals surface area contributed by atoms with Crippen molar-refractivity contribution in [1.82, 2.24) is 9.47 Å². The Bertz CT molecular complexity index is 1530. The number of hydrogen-bond donors (Lipinski definition) is 0. The number of ether oxygens (including phenoxy) is 3. The van der Waals surface area contributed by atoms with Crippen molar-refractivity contribution in [3.63, 3.8) is 0 Å². The van der Waals surface area contributed by atoms with Gasteiger partial charge in [-0.25, -0.2) is 4.39 Å². The molecule has 2 aromatic carbocycles. The summed E-state index contributed by atoms with van der Waals surface area (Å²) in [5.74, 6) is -1.16. The van der Waals surface area contributed by atoms with Gasteiger partial charge < -0.3 is 23.7 Å². The average molecular weight is 583 g/mol.